The van der Waals surface area contributed by atoms with E-state index in [0.29, 0.717) is 0 Å². The van der Waals surface area contributed by atoms with Crippen LogP contribution in [-0.2, 0) is 4.79 Å². The molecule has 1 saturated heterocycles. The van der Waals surface area contributed by atoms with Crippen LogP contribution in [0.5, 0.6) is 0 Å². The third-order valence-corrected chi connectivity index (χ3v) is 1.76. The van der Waals surface area contributed by atoms with Crippen molar-refractivity contribution in [1.82, 2.24) is 4.90 Å². The first kappa shape index (κ1) is 6.55. The van der Waals surface area contributed by atoms with Crippen molar-refractivity contribution in [1.29, 1.82) is 0 Å². The van der Waals surface area contributed by atoms with Gasteiger partial charge in [-0.3, -0.25) is 9.69 Å². The minimum atomic E-state index is -0.736. The Kier molecular flexibility index (Phi) is 1.24. The summed E-state index contributed by atoms with van der Waals surface area (Å²) in [4.78, 5) is 12.4. The first-order valence-electron chi connectivity index (χ1n) is 3.03. The number of carboxylic acids is 1. The van der Waals surface area contributed by atoms with Gasteiger partial charge in [0.1, 0.15) is 5.54 Å². The molecule has 0 spiro atoms. The van der Waals surface area contributed by atoms with Crippen LogP contribution in [0.25, 0.3) is 0 Å². The number of aliphatic carboxylic acids is 1. The Morgan fingerprint density at radius 1 is 1.56 bits per heavy atom. The minimum absolute atomic E-state index is 0.639. The molecular weight excluding hydrogens is 118 g/mol. The van der Waals surface area contributed by atoms with Crippen LogP contribution in [0.15, 0.2) is 0 Å². The summed E-state index contributed by atoms with van der Waals surface area (Å²) < 4.78 is 0. The van der Waals surface area contributed by atoms with Crippen LogP contribution in [0.3, 0.4) is 0 Å². The molecule has 1 heterocycles. The van der Waals surface area contributed by atoms with Gasteiger partial charge in [-0.15, -0.1) is 0 Å². The maximum atomic E-state index is 10.5. The van der Waals surface area contributed by atoms with Gasteiger partial charge in [0.25, 0.3) is 0 Å². The molecule has 0 unspecified atom stereocenters. The summed E-state index contributed by atoms with van der Waals surface area (Å²) in [6.07, 6.45) is 0. The summed E-state index contributed by atoms with van der Waals surface area (Å²) in [7, 11) is 0. The second-order valence-corrected chi connectivity index (χ2v) is 2.85. The Bertz CT molecular complexity index is 138. The predicted molar refractivity (Wildman–Crippen MR) is 33.3 cm³/mol. The van der Waals surface area contributed by atoms with E-state index in [1.54, 1.807) is 13.8 Å². The van der Waals surface area contributed by atoms with Crippen molar-refractivity contribution >= 4 is 5.97 Å². The van der Waals surface area contributed by atoms with Crippen LogP contribution in [0.1, 0.15) is 13.8 Å². The number of rotatable bonds is 2. The van der Waals surface area contributed by atoms with Crippen LogP contribution < -0.4 is 0 Å². The van der Waals surface area contributed by atoms with E-state index >= 15 is 0 Å². The van der Waals surface area contributed by atoms with Crippen molar-refractivity contribution in [2.75, 3.05) is 13.1 Å². The molecular formula is C6H11NO2. The van der Waals surface area contributed by atoms with Gasteiger partial charge in [-0.25, -0.2) is 0 Å². The van der Waals surface area contributed by atoms with Gasteiger partial charge in [-0.05, 0) is 13.8 Å². The largest absolute Gasteiger partial charge is 0.480 e. The number of hydrogen-bond donors (Lipinski definition) is 1. The van der Waals surface area contributed by atoms with Crippen LogP contribution in [-0.4, -0.2) is 34.6 Å². The highest BCUT2D eigenvalue weighted by atomic mass is 16.4. The maximum absolute atomic E-state index is 10.5. The molecule has 52 valence electrons. The second kappa shape index (κ2) is 1.70. The third kappa shape index (κ3) is 1.05. The summed E-state index contributed by atoms with van der Waals surface area (Å²) in [6.45, 7) is 5.31. The summed E-state index contributed by atoms with van der Waals surface area (Å²) in [5, 5.41) is 8.61. The molecule has 1 aliphatic rings. The van der Waals surface area contributed by atoms with Crippen LogP contribution in [0, 0.1) is 0 Å². The molecule has 3 heteroatoms. The average Bonchev–Trinajstić information content (AvgIpc) is 2.42. The van der Waals surface area contributed by atoms with Crippen LogP contribution in [0.2, 0.25) is 0 Å². The fourth-order valence-electron chi connectivity index (χ4n) is 0.744. The monoisotopic (exact) mass is 129 g/mol. The fourth-order valence-corrected chi connectivity index (χ4v) is 0.744. The molecule has 1 rings (SSSR count). The smallest absolute Gasteiger partial charge is 0.323 e. The molecule has 0 radical (unpaired) electrons. The van der Waals surface area contributed by atoms with Crippen molar-refractivity contribution < 1.29 is 9.90 Å². The number of nitrogens with zero attached hydrogens (tertiary/aromatic N) is 1. The zero-order valence-corrected chi connectivity index (χ0v) is 5.72. The predicted octanol–water partition coefficient (Wildman–Crippen LogP) is 0.165. The lowest BCUT2D eigenvalue weighted by atomic mass is 10.1. The first-order valence-corrected chi connectivity index (χ1v) is 3.03. The zero-order chi connectivity index (χ0) is 7.07. The highest BCUT2D eigenvalue weighted by Gasteiger charge is 2.40. The van der Waals surface area contributed by atoms with E-state index in [9.17, 15) is 4.79 Å². The molecule has 0 aromatic heterocycles. The molecule has 3 nitrogen and oxygen atoms in total. The lowest BCUT2D eigenvalue weighted by Crippen LogP contribution is -2.39. The Hall–Kier alpha value is -0.570. The second-order valence-electron chi connectivity index (χ2n) is 2.85. The van der Waals surface area contributed by atoms with Gasteiger partial charge in [-0.2, -0.15) is 0 Å². The Labute approximate surface area is 54.3 Å². The fraction of sp³-hybridized carbons (Fsp3) is 0.833. The first-order chi connectivity index (χ1) is 4.05. The molecule has 1 aliphatic heterocycles. The molecule has 0 aromatic rings. The third-order valence-electron chi connectivity index (χ3n) is 1.76. The van der Waals surface area contributed by atoms with E-state index in [1.165, 1.54) is 0 Å². The molecule has 9 heavy (non-hydrogen) atoms. The molecule has 0 bridgehead atoms. The summed E-state index contributed by atoms with van der Waals surface area (Å²) in [6, 6.07) is 0. The van der Waals surface area contributed by atoms with Gasteiger partial charge in [-0.1, -0.05) is 0 Å². The van der Waals surface area contributed by atoms with Crippen LogP contribution >= 0.6 is 0 Å². The van der Waals surface area contributed by atoms with Crippen molar-refractivity contribution in [3.05, 3.63) is 0 Å². The van der Waals surface area contributed by atoms with Crippen molar-refractivity contribution in [2.45, 2.75) is 19.4 Å². The minimum Gasteiger partial charge on any atom is -0.480 e. The highest BCUT2D eigenvalue weighted by molar-refractivity contribution is 5.78. The summed E-state index contributed by atoms with van der Waals surface area (Å²) in [5.41, 5.74) is -0.639. The van der Waals surface area contributed by atoms with Crippen molar-refractivity contribution in [2.24, 2.45) is 0 Å². The lowest BCUT2D eigenvalue weighted by Gasteiger charge is -2.19. The van der Waals surface area contributed by atoms with E-state index in [4.69, 9.17) is 5.11 Å². The topological polar surface area (TPSA) is 40.3 Å². The van der Waals surface area contributed by atoms with E-state index < -0.39 is 11.5 Å². The van der Waals surface area contributed by atoms with Gasteiger partial charge in [0.2, 0.25) is 0 Å². The van der Waals surface area contributed by atoms with Crippen molar-refractivity contribution in [3.63, 3.8) is 0 Å². The van der Waals surface area contributed by atoms with Gasteiger partial charge in [0.15, 0.2) is 0 Å². The lowest BCUT2D eigenvalue weighted by molar-refractivity contribution is -0.145. The van der Waals surface area contributed by atoms with Crippen molar-refractivity contribution in [3.8, 4) is 0 Å². The highest BCUT2D eigenvalue weighted by Crippen LogP contribution is 2.21. The standard InChI is InChI=1S/C6H11NO2/c1-6(2,5(8)9)7-3-4-7/h3-4H2,1-2H3,(H,8,9). The Balaban J connectivity index is 2.59. The van der Waals surface area contributed by atoms with E-state index in [0.717, 1.165) is 13.1 Å². The average molecular weight is 129 g/mol. The van der Waals surface area contributed by atoms with E-state index in [1.807, 2.05) is 4.90 Å². The van der Waals surface area contributed by atoms with Gasteiger partial charge >= 0.3 is 5.97 Å². The SMILES string of the molecule is CC(C)(C(=O)O)N1CC1. The van der Waals surface area contributed by atoms with Gasteiger partial charge in [0.05, 0.1) is 0 Å². The number of carboxylic acid groups (broad SMARTS) is 1. The van der Waals surface area contributed by atoms with Crippen LogP contribution in [0.4, 0.5) is 0 Å². The maximum Gasteiger partial charge on any atom is 0.323 e. The summed E-state index contributed by atoms with van der Waals surface area (Å²) >= 11 is 0. The van der Waals surface area contributed by atoms with E-state index in [-0.39, 0.29) is 0 Å². The molecule has 0 aliphatic carbocycles. The number of hydrogen-bond acceptors (Lipinski definition) is 2. The van der Waals surface area contributed by atoms with Gasteiger partial charge < -0.3 is 5.11 Å². The van der Waals surface area contributed by atoms with Gasteiger partial charge in [0, 0.05) is 13.1 Å². The Morgan fingerprint density at radius 2 is 2.00 bits per heavy atom. The Morgan fingerprint density at radius 3 is 2.11 bits per heavy atom. The molecule has 0 saturated carbocycles. The quantitative estimate of drug-likeness (QED) is 0.540. The molecule has 0 atom stereocenters. The zero-order valence-electron chi connectivity index (χ0n) is 5.72. The molecule has 0 aromatic carbocycles. The number of carbonyl (C=O) groups is 1. The molecule has 0 amide bonds. The van der Waals surface area contributed by atoms with E-state index in [2.05, 4.69) is 0 Å². The molecule has 1 fully saturated rings. The summed E-state index contributed by atoms with van der Waals surface area (Å²) in [5.74, 6) is -0.736. The normalized spacial score (nSPS) is 19.8. The molecule has 1 N–H and O–H groups in total.